The molecule has 2 aliphatic rings. The smallest absolute Gasteiger partial charge is 0.416 e. The molecule has 0 N–H and O–H groups in total. The summed E-state index contributed by atoms with van der Waals surface area (Å²) in [4.78, 5) is 6.54. The zero-order valence-corrected chi connectivity index (χ0v) is 46.4. The Bertz CT molecular complexity index is 5290. The predicted octanol–water partition coefficient (Wildman–Crippen LogP) is 22.5. The molecule has 2 aromatic heterocycles. The highest BCUT2D eigenvalue weighted by atomic mass is 19.4. The lowest BCUT2D eigenvalue weighted by Gasteiger charge is -2.45. The van der Waals surface area contributed by atoms with Crippen molar-refractivity contribution in [3.8, 4) is 11.1 Å². The molecule has 0 amide bonds. The molecule has 0 unspecified atom stereocenters. The van der Waals surface area contributed by atoms with Crippen LogP contribution in [0.15, 0.2) is 270 Å². The molecule has 17 rings (SSSR count). The molecule has 0 bridgehead atoms. The molecule has 10 heteroatoms. The number of fused-ring (bicyclic) bond motifs is 19. The zero-order chi connectivity index (χ0) is 58.4. The first kappa shape index (κ1) is 50.5. The Labute approximate surface area is 495 Å². The summed E-state index contributed by atoms with van der Waals surface area (Å²) in [6.07, 6.45) is -4.61. The first-order chi connectivity index (χ1) is 42.6. The van der Waals surface area contributed by atoms with Crippen molar-refractivity contribution < 1.29 is 30.8 Å². The van der Waals surface area contributed by atoms with Gasteiger partial charge in [0.05, 0.1) is 45.1 Å². The molecule has 0 radical (unpaired) electrons. The maximum atomic E-state index is 15.9. The Hall–Kier alpha value is -11.0. The number of benzene rings is 13. The van der Waals surface area contributed by atoms with E-state index in [1.807, 2.05) is 83.8 Å². The van der Waals surface area contributed by atoms with Crippen LogP contribution in [0.1, 0.15) is 33.4 Å². The summed E-state index contributed by atoms with van der Waals surface area (Å²) in [5.41, 5.74) is 13.0. The van der Waals surface area contributed by atoms with E-state index in [4.69, 9.17) is 8.83 Å². The van der Waals surface area contributed by atoms with Crippen LogP contribution in [-0.2, 0) is 11.6 Å². The Kier molecular flexibility index (Phi) is 10.9. The van der Waals surface area contributed by atoms with E-state index in [9.17, 15) is 13.2 Å². The van der Waals surface area contributed by atoms with Crippen LogP contribution in [0.3, 0.4) is 0 Å². The molecule has 3 heterocycles. The molecular weight excluding hydrogens is 1090 g/mol. The Morgan fingerprint density at radius 3 is 1.22 bits per heavy atom. The molecule has 1 aliphatic heterocycles. The molecule has 13 aromatic carbocycles. The molecule has 416 valence electrons. The van der Waals surface area contributed by atoms with Gasteiger partial charge in [-0.3, -0.25) is 0 Å². The average Bonchev–Trinajstić information content (AvgIpc) is 1.54. The van der Waals surface area contributed by atoms with Crippen LogP contribution >= 0.6 is 0 Å². The van der Waals surface area contributed by atoms with Gasteiger partial charge in [-0.1, -0.05) is 169 Å². The van der Waals surface area contributed by atoms with Crippen LogP contribution in [0, 0.1) is 18.6 Å². The number of aryl methyl sites for hydroxylation is 1. The van der Waals surface area contributed by atoms with E-state index >= 15 is 8.78 Å². The topological polar surface area (TPSA) is 36.0 Å². The van der Waals surface area contributed by atoms with Gasteiger partial charge in [0.15, 0.2) is 34.0 Å². The fraction of sp³-hybridized carbons (Fsp3) is 0.0390. The van der Waals surface area contributed by atoms with Gasteiger partial charge in [0, 0.05) is 49.4 Å². The van der Waals surface area contributed by atoms with Crippen molar-refractivity contribution in [3.63, 3.8) is 0 Å². The second-order valence-electron chi connectivity index (χ2n) is 22.5. The van der Waals surface area contributed by atoms with Gasteiger partial charge in [-0.05, 0) is 148 Å². The fourth-order valence-corrected chi connectivity index (χ4v) is 14.2. The van der Waals surface area contributed by atoms with Gasteiger partial charge in [0.2, 0.25) is 0 Å². The van der Waals surface area contributed by atoms with E-state index in [1.165, 1.54) is 24.3 Å². The van der Waals surface area contributed by atoms with E-state index in [0.717, 1.165) is 106 Å². The van der Waals surface area contributed by atoms with Gasteiger partial charge in [-0.25, -0.2) is 8.78 Å². The zero-order valence-electron chi connectivity index (χ0n) is 46.4. The Balaban J connectivity index is 1.04. The molecule has 0 saturated carbocycles. The second kappa shape index (κ2) is 18.8. The highest BCUT2D eigenvalue weighted by molar-refractivity contribution is 6.21. The average molecular weight is 1140 g/mol. The third kappa shape index (κ3) is 7.24. The van der Waals surface area contributed by atoms with Crippen molar-refractivity contribution in [2.75, 3.05) is 14.7 Å². The maximum Gasteiger partial charge on any atom is 0.416 e. The quantitative estimate of drug-likeness (QED) is 0.149. The maximum absolute atomic E-state index is 15.9. The third-order valence-electron chi connectivity index (χ3n) is 17.8. The monoisotopic (exact) mass is 1140 g/mol. The minimum atomic E-state index is -4.61. The lowest BCUT2D eigenvalue weighted by molar-refractivity contribution is -0.137. The first-order valence-corrected chi connectivity index (χ1v) is 28.8. The van der Waals surface area contributed by atoms with Crippen molar-refractivity contribution in [2.24, 2.45) is 0 Å². The molecule has 1 spiro atoms. The third-order valence-corrected chi connectivity index (χ3v) is 17.8. The number of hydrogen-bond acceptors (Lipinski definition) is 5. The Morgan fingerprint density at radius 2 is 0.747 bits per heavy atom. The largest absolute Gasteiger partial charge is 0.451 e. The summed E-state index contributed by atoms with van der Waals surface area (Å²) >= 11 is 0. The summed E-state index contributed by atoms with van der Waals surface area (Å²) in [6, 6.07) is 83.9. The standard InChI is InChI=1S/C77H46F5N3O2/c1-45-35-39-48(40-36-45)84(66-33-15-25-56-54-23-13-29-62(78)72(54)86-74(56)66)68-43-60-70(52-21-7-5-19-50(52)68)71-53-22-8-6-20-51(53)69(44-61(71)76(60)58-27-9-11-31-64(58)83(47-17-3-2-4-18-47)65-32-12-10-28-59(65)76)85(49-41-37-46(38-42-49)77(80,81)82)67-34-16-26-57-55-24-14-30-63(79)73(55)87-75(57)67/h2-44H,1H3. The lowest BCUT2D eigenvalue weighted by Crippen LogP contribution is -2.36. The van der Waals surface area contributed by atoms with Crippen molar-refractivity contribution >= 4 is 117 Å². The molecule has 0 atom stereocenters. The van der Waals surface area contributed by atoms with Crippen LogP contribution in [-0.4, -0.2) is 0 Å². The molecule has 0 fully saturated rings. The van der Waals surface area contributed by atoms with E-state index in [1.54, 1.807) is 12.1 Å². The van der Waals surface area contributed by atoms with Gasteiger partial charge >= 0.3 is 6.18 Å². The van der Waals surface area contributed by atoms with E-state index in [-0.39, 0.29) is 11.2 Å². The Morgan fingerprint density at radius 1 is 0.356 bits per heavy atom. The predicted molar refractivity (Wildman–Crippen MR) is 341 cm³/mol. The summed E-state index contributed by atoms with van der Waals surface area (Å²) in [5.74, 6) is -0.988. The number of nitrogens with zero attached hydrogens (tertiary/aromatic N) is 3. The van der Waals surface area contributed by atoms with Gasteiger partial charge in [0.1, 0.15) is 0 Å². The highest BCUT2D eigenvalue weighted by Crippen LogP contribution is 2.67. The number of rotatable bonds is 7. The van der Waals surface area contributed by atoms with Crippen LogP contribution in [0.4, 0.5) is 73.1 Å². The first-order valence-electron chi connectivity index (χ1n) is 28.8. The molecule has 15 aromatic rings. The highest BCUT2D eigenvalue weighted by Gasteiger charge is 2.54. The van der Waals surface area contributed by atoms with Crippen molar-refractivity contribution in [3.05, 3.63) is 306 Å². The molecular formula is C77H46F5N3O2. The summed E-state index contributed by atoms with van der Waals surface area (Å²) in [5, 5.41) is 6.25. The molecule has 1 aliphatic carbocycles. The fourth-order valence-electron chi connectivity index (χ4n) is 14.2. The van der Waals surface area contributed by atoms with Gasteiger partial charge < -0.3 is 23.5 Å². The number of para-hydroxylation sites is 7. The van der Waals surface area contributed by atoms with Crippen molar-refractivity contribution in [2.45, 2.75) is 18.5 Å². The number of hydrogen-bond donors (Lipinski definition) is 0. The number of halogens is 5. The minimum absolute atomic E-state index is 0.0741. The molecule has 87 heavy (non-hydrogen) atoms. The van der Waals surface area contributed by atoms with E-state index < -0.39 is 28.8 Å². The molecule has 0 saturated heterocycles. The van der Waals surface area contributed by atoms with Gasteiger partial charge in [-0.2, -0.15) is 13.2 Å². The van der Waals surface area contributed by atoms with Crippen LogP contribution in [0.5, 0.6) is 0 Å². The van der Waals surface area contributed by atoms with Crippen molar-refractivity contribution in [1.29, 1.82) is 0 Å². The SMILES string of the molecule is Cc1ccc(N(c2cc3c(c4ccccc24)-c2c(cc(N(c4ccc(C(F)(F)F)cc4)c4cccc5c4oc4c(F)cccc45)c4ccccc24)C32c3ccccc3N(c3ccccc3)c3ccccc32)c2cccc3c2oc2c(F)cccc23)cc1. The second-order valence-corrected chi connectivity index (χ2v) is 22.5. The number of alkyl halides is 3. The number of furan rings is 2. The van der Waals surface area contributed by atoms with Crippen LogP contribution in [0.25, 0.3) is 76.5 Å². The van der Waals surface area contributed by atoms with Gasteiger partial charge in [-0.15, -0.1) is 0 Å². The van der Waals surface area contributed by atoms with Crippen molar-refractivity contribution in [1.82, 2.24) is 0 Å². The lowest BCUT2D eigenvalue weighted by atomic mass is 9.64. The minimum Gasteiger partial charge on any atom is -0.451 e. The van der Waals surface area contributed by atoms with Crippen LogP contribution < -0.4 is 14.7 Å². The normalized spacial score (nSPS) is 13.2. The van der Waals surface area contributed by atoms with Gasteiger partial charge in [0.25, 0.3) is 0 Å². The van der Waals surface area contributed by atoms with Crippen LogP contribution in [0.2, 0.25) is 0 Å². The number of anilines is 9. The van der Waals surface area contributed by atoms with E-state index in [2.05, 4.69) is 150 Å². The summed E-state index contributed by atoms with van der Waals surface area (Å²) in [7, 11) is 0. The summed E-state index contributed by atoms with van der Waals surface area (Å²) in [6.45, 7) is 2.06. The summed E-state index contributed by atoms with van der Waals surface area (Å²) < 4.78 is 89.0. The molecule has 5 nitrogen and oxygen atoms in total. The van der Waals surface area contributed by atoms with E-state index in [0.29, 0.717) is 50.1 Å².